The Morgan fingerprint density at radius 2 is 2.20 bits per heavy atom. The van der Waals surface area contributed by atoms with Crippen LogP contribution in [0.3, 0.4) is 0 Å². The molecule has 0 spiro atoms. The Morgan fingerprint density at radius 1 is 1.33 bits per heavy atom. The van der Waals surface area contributed by atoms with Crippen LogP contribution in [0.25, 0.3) is 0 Å². The van der Waals surface area contributed by atoms with Crippen molar-refractivity contribution >= 4 is 15.9 Å². The van der Waals surface area contributed by atoms with Crippen molar-refractivity contribution in [3.8, 4) is 0 Å². The fourth-order valence-corrected chi connectivity index (χ4v) is 2.03. The summed E-state index contributed by atoms with van der Waals surface area (Å²) in [5.41, 5.74) is 1.34. The van der Waals surface area contributed by atoms with Gasteiger partial charge in [0, 0.05) is 30.3 Å². The van der Waals surface area contributed by atoms with Gasteiger partial charge < -0.3 is 4.57 Å². The van der Waals surface area contributed by atoms with Crippen molar-refractivity contribution in [2.75, 3.05) is 0 Å². The summed E-state index contributed by atoms with van der Waals surface area (Å²) >= 11 is 3.47. The molecule has 0 saturated carbocycles. The molecule has 0 aliphatic heterocycles. The number of benzene rings is 1. The van der Waals surface area contributed by atoms with Crippen molar-refractivity contribution in [1.82, 2.24) is 9.55 Å². The predicted molar refractivity (Wildman–Crippen MR) is 64.8 cm³/mol. The van der Waals surface area contributed by atoms with Crippen LogP contribution in [0.5, 0.6) is 0 Å². The summed E-state index contributed by atoms with van der Waals surface area (Å²) in [4.78, 5) is 4.30. The van der Waals surface area contributed by atoms with E-state index in [4.69, 9.17) is 0 Å². The molecule has 1 aromatic carbocycles. The number of imidazole rings is 1. The van der Waals surface area contributed by atoms with Crippen molar-refractivity contribution < 1.29 is 0 Å². The maximum absolute atomic E-state index is 4.30. The highest BCUT2D eigenvalue weighted by Gasteiger charge is 2.00. The Balaban J connectivity index is 2.02. The van der Waals surface area contributed by atoms with Crippen LogP contribution in [0.4, 0.5) is 0 Å². The minimum Gasteiger partial charge on any atom is -0.338 e. The summed E-state index contributed by atoms with van der Waals surface area (Å²) in [6.07, 6.45) is 5.84. The molecule has 1 aromatic heterocycles. The van der Waals surface area contributed by atoms with E-state index in [0.29, 0.717) is 0 Å². The van der Waals surface area contributed by atoms with Gasteiger partial charge in [-0.1, -0.05) is 28.1 Å². The first-order valence-electron chi connectivity index (χ1n) is 4.96. The largest absolute Gasteiger partial charge is 0.338 e. The molecule has 0 aliphatic rings. The van der Waals surface area contributed by atoms with Crippen molar-refractivity contribution in [2.24, 2.45) is 7.05 Å². The summed E-state index contributed by atoms with van der Waals surface area (Å²) < 4.78 is 3.21. The summed E-state index contributed by atoms with van der Waals surface area (Å²) in [5.74, 6) is 1.13. The summed E-state index contributed by atoms with van der Waals surface area (Å²) in [6, 6.07) is 8.42. The van der Waals surface area contributed by atoms with Gasteiger partial charge in [0.25, 0.3) is 0 Å². The molecule has 0 aliphatic carbocycles. The average Bonchev–Trinajstić information content (AvgIpc) is 2.61. The Kier molecular flexibility index (Phi) is 3.21. The monoisotopic (exact) mass is 264 g/mol. The topological polar surface area (TPSA) is 17.8 Å². The van der Waals surface area contributed by atoms with Crippen LogP contribution in [0.1, 0.15) is 11.4 Å². The molecular weight excluding hydrogens is 252 g/mol. The van der Waals surface area contributed by atoms with E-state index in [-0.39, 0.29) is 0 Å². The lowest BCUT2D eigenvalue weighted by molar-refractivity contribution is 0.771. The lowest BCUT2D eigenvalue weighted by Crippen LogP contribution is -1.99. The van der Waals surface area contributed by atoms with Crippen LogP contribution in [-0.4, -0.2) is 9.55 Å². The van der Waals surface area contributed by atoms with Gasteiger partial charge in [-0.15, -0.1) is 0 Å². The first-order valence-corrected chi connectivity index (χ1v) is 5.75. The Bertz CT molecular complexity index is 448. The van der Waals surface area contributed by atoms with Gasteiger partial charge in [0.05, 0.1) is 0 Å². The fraction of sp³-hybridized carbons (Fsp3) is 0.250. The minimum atomic E-state index is 0.986. The van der Waals surface area contributed by atoms with Gasteiger partial charge in [-0.05, 0) is 24.1 Å². The molecule has 0 saturated heterocycles. The lowest BCUT2D eigenvalue weighted by atomic mass is 10.1. The SMILES string of the molecule is Cn1ccnc1CCc1cccc(Br)c1. The van der Waals surface area contributed by atoms with Gasteiger partial charge in [-0.3, -0.25) is 0 Å². The van der Waals surface area contributed by atoms with Crippen molar-refractivity contribution in [1.29, 1.82) is 0 Å². The zero-order chi connectivity index (χ0) is 10.7. The molecule has 3 heteroatoms. The van der Waals surface area contributed by atoms with Crippen LogP contribution < -0.4 is 0 Å². The molecule has 0 atom stereocenters. The zero-order valence-corrected chi connectivity index (χ0v) is 10.2. The normalized spacial score (nSPS) is 10.5. The van der Waals surface area contributed by atoms with Crippen molar-refractivity contribution in [3.05, 3.63) is 52.5 Å². The molecule has 0 radical (unpaired) electrons. The van der Waals surface area contributed by atoms with Crippen molar-refractivity contribution in [2.45, 2.75) is 12.8 Å². The molecule has 2 rings (SSSR count). The summed E-state index contributed by atoms with van der Waals surface area (Å²) in [5, 5.41) is 0. The van der Waals surface area contributed by atoms with E-state index in [1.54, 1.807) is 0 Å². The van der Waals surface area contributed by atoms with Crippen LogP contribution in [-0.2, 0) is 19.9 Å². The molecular formula is C12H13BrN2. The van der Waals surface area contributed by atoms with E-state index >= 15 is 0 Å². The number of hydrogen-bond acceptors (Lipinski definition) is 1. The standard InChI is InChI=1S/C12H13BrN2/c1-15-8-7-14-12(15)6-5-10-3-2-4-11(13)9-10/h2-4,7-9H,5-6H2,1H3. The van der Waals surface area contributed by atoms with Crippen LogP contribution in [0.2, 0.25) is 0 Å². The molecule has 15 heavy (non-hydrogen) atoms. The van der Waals surface area contributed by atoms with E-state index in [2.05, 4.69) is 43.7 Å². The van der Waals surface area contributed by atoms with Gasteiger partial charge in [0.15, 0.2) is 0 Å². The van der Waals surface area contributed by atoms with Gasteiger partial charge in [-0.2, -0.15) is 0 Å². The first-order chi connectivity index (χ1) is 7.25. The third-order valence-corrected chi connectivity index (χ3v) is 2.94. The maximum Gasteiger partial charge on any atom is 0.108 e. The quantitative estimate of drug-likeness (QED) is 0.834. The predicted octanol–water partition coefficient (Wildman–Crippen LogP) is 2.97. The third kappa shape index (κ3) is 2.69. The number of halogens is 1. The number of aryl methyl sites for hydroxylation is 3. The molecule has 0 amide bonds. The number of hydrogen-bond donors (Lipinski definition) is 0. The van der Waals surface area contributed by atoms with Gasteiger partial charge in [-0.25, -0.2) is 4.98 Å². The van der Waals surface area contributed by atoms with Crippen molar-refractivity contribution in [3.63, 3.8) is 0 Å². The van der Waals surface area contributed by atoms with E-state index in [0.717, 1.165) is 23.1 Å². The highest BCUT2D eigenvalue weighted by molar-refractivity contribution is 9.10. The van der Waals surface area contributed by atoms with E-state index < -0.39 is 0 Å². The molecule has 2 nitrogen and oxygen atoms in total. The number of aromatic nitrogens is 2. The first kappa shape index (κ1) is 10.4. The van der Waals surface area contributed by atoms with Gasteiger partial charge >= 0.3 is 0 Å². The minimum absolute atomic E-state index is 0.986. The average molecular weight is 265 g/mol. The molecule has 0 unspecified atom stereocenters. The smallest absolute Gasteiger partial charge is 0.108 e. The summed E-state index contributed by atoms with van der Waals surface area (Å²) in [6.45, 7) is 0. The molecule has 0 N–H and O–H groups in total. The van der Waals surface area contributed by atoms with E-state index in [1.807, 2.05) is 25.5 Å². The molecule has 1 heterocycles. The summed E-state index contributed by atoms with van der Waals surface area (Å²) in [7, 11) is 2.03. The lowest BCUT2D eigenvalue weighted by Gasteiger charge is -2.02. The second-order valence-corrected chi connectivity index (χ2v) is 4.50. The Morgan fingerprint density at radius 3 is 2.87 bits per heavy atom. The Labute approximate surface area is 98.1 Å². The second-order valence-electron chi connectivity index (χ2n) is 3.58. The number of rotatable bonds is 3. The Hall–Kier alpha value is -1.09. The molecule has 78 valence electrons. The zero-order valence-electron chi connectivity index (χ0n) is 8.65. The highest BCUT2D eigenvalue weighted by Crippen LogP contribution is 2.13. The number of nitrogens with zero attached hydrogens (tertiary/aromatic N) is 2. The highest BCUT2D eigenvalue weighted by atomic mass is 79.9. The van der Waals surface area contributed by atoms with Crippen LogP contribution >= 0.6 is 15.9 Å². The van der Waals surface area contributed by atoms with Gasteiger partial charge in [0.2, 0.25) is 0 Å². The fourth-order valence-electron chi connectivity index (χ4n) is 1.59. The van der Waals surface area contributed by atoms with Crippen LogP contribution in [0.15, 0.2) is 41.1 Å². The van der Waals surface area contributed by atoms with Crippen LogP contribution in [0, 0.1) is 0 Å². The third-order valence-electron chi connectivity index (χ3n) is 2.45. The molecule has 0 bridgehead atoms. The molecule has 0 fully saturated rings. The maximum atomic E-state index is 4.30. The van der Waals surface area contributed by atoms with E-state index in [9.17, 15) is 0 Å². The molecule has 2 aromatic rings. The van der Waals surface area contributed by atoms with E-state index in [1.165, 1.54) is 5.56 Å². The second kappa shape index (κ2) is 4.62. The van der Waals surface area contributed by atoms with Gasteiger partial charge in [0.1, 0.15) is 5.82 Å².